The number of amides is 1. The Balaban J connectivity index is 3.69. The zero-order valence-corrected chi connectivity index (χ0v) is 10.3. The van der Waals surface area contributed by atoms with Gasteiger partial charge in [-0.2, -0.15) is 0 Å². The molecule has 0 aliphatic rings. The maximum Gasteiger partial charge on any atom is 0.239 e. The van der Waals surface area contributed by atoms with E-state index in [-0.39, 0.29) is 5.91 Å². The van der Waals surface area contributed by atoms with E-state index in [4.69, 9.17) is 0 Å². The van der Waals surface area contributed by atoms with Gasteiger partial charge in [-0.05, 0) is 13.3 Å². The van der Waals surface area contributed by atoms with Crippen LogP contribution in [0.4, 0.5) is 0 Å². The van der Waals surface area contributed by atoms with Crippen molar-refractivity contribution in [1.29, 1.82) is 0 Å². The molecule has 0 aromatic heterocycles. The summed E-state index contributed by atoms with van der Waals surface area (Å²) in [6.07, 6.45) is 0.599. The van der Waals surface area contributed by atoms with Crippen LogP contribution in [0.15, 0.2) is 0 Å². The van der Waals surface area contributed by atoms with Gasteiger partial charge in [0.1, 0.15) is 5.72 Å². The van der Waals surface area contributed by atoms with E-state index < -0.39 is 11.1 Å². The second kappa shape index (κ2) is 5.44. The van der Waals surface area contributed by atoms with Crippen molar-refractivity contribution >= 4 is 5.91 Å². The predicted molar refractivity (Wildman–Crippen MR) is 59.7 cm³/mol. The predicted octanol–water partition coefficient (Wildman–Crippen LogP) is 0.319. The lowest BCUT2D eigenvalue weighted by Crippen LogP contribution is -2.52. The molecule has 1 unspecified atom stereocenters. The molecular weight excluding hydrogens is 194 g/mol. The Morgan fingerprint density at radius 2 is 1.80 bits per heavy atom. The Hall–Kier alpha value is -0.650. The van der Waals surface area contributed by atoms with E-state index >= 15 is 0 Å². The highest BCUT2D eigenvalue weighted by molar-refractivity contribution is 5.80. The van der Waals surface area contributed by atoms with E-state index in [0.29, 0.717) is 13.1 Å². The largest absolute Gasteiger partial charge is 0.376 e. The molecule has 0 fully saturated rings. The Morgan fingerprint density at radius 1 is 1.27 bits per heavy atom. The molecule has 0 spiro atoms. The van der Waals surface area contributed by atoms with Crippen LogP contribution in [0.1, 0.15) is 41.0 Å². The first kappa shape index (κ1) is 14.3. The molecule has 0 heterocycles. The van der Waals surface area contributed by atoms with E-state index in [2.05, 4.69) is 16.2 Å². The van der Waals surface area contributed by atoms with Gasteiger partial charge in [0.25, 0.3) is 0 Å². The molecular formula is C10H23N3O2. The summed E-state index contributed by atoms with van der Waals surface area (Å²) in [4.78, 5) is 11.4. The SMILES string of the molecule is CCC(C)(O)NCNNC(=O)C(C)(C)C. The second-order valence-electron chi connectivity index (χ2n) is 4.86. The lowest BCUT2D eigenvalue weighted by molar-refractivity contribution is -0.129. The van der Waals surface area contributed by atoms with Crippen LogP contribution in [0.3, 0.4) is 0 Å². The third kappa shape index (κ3) is 6.43. The number of nitrogens with one attached hydrogen (secondary N) is 3. The lowest BCUT2D eigenvalue weighted by atomic mass is 9.96. The van der Waals surface area contributed by atoms with Gasteiger partial charge in [-0.25, -0.2) is 5.43 Å². The Morgan fingerprint density at radius 3 is 2.20 bits per heavy atom. The van der Waals surface area contributed by atoms with Gasteiger partial charge in [-0.3, -0.25) is 15.5 Å². The fourth-order valence-electron chi connectivity index (χ4n) is 0.672. The molecule has 90 valence electrons. The van der Waals surface area contributed by atoms with Crippen molar-refractivity contribution in [2.24, 2.45) is 5.41 Å². The molecule has 1 atom stereocenters. The van der Waals surface area contributed by atoms with Gasteiger partial charge < -0.3 is 5.11 Å². The van der Waals surface area contributed by atoms with Gasteiger partial charge in [0.05, 0.1) is 6.67 Å². The summed E-state index contributed by atoms with van der Waals surface area (Å²) < 4.78 is 0. The zero-order valence-electron chi connectivity index (χ0n) is 10.3. The highest BCUT2D eigenvalue weighted by Crippen LogP contribution is 2.11. The maximum atomic E-state index is 11.4. The van der Waals surface area contributed by atoms with Crippen LogP contribution in [-0.4, -0.2) is 23.4 Å². The minimum Gasteiger partial charge on any atom is -0.376 e. The fourth-order valence-corrected chi connectivity index (χ4v) is 0.672. The number of aliphatic hydroxyl groups is 1. The van der Waals surface area contributed by atoms with Crippen molar-refractivity contribution in [3.05, 3.63) is 0 Å². The minimum atomic E-state index is -0.903. The summed E-state index contributed by atoms with van der Waals surface area (Å²) >= 11 is 0. The third-order valence-electron chi connectivity index (χ3n) is 2.13. The number of rotatable bonds is 5. The van der Waals surface area contributed by atoms with Crippen LogP contribution in [0, 0.1) is 5.41 Å². The summed E-state index contributed by atoms with van der Waals surface area (Å²) in [5, 5.41) is 12.4. The summed E-state index contributed by atoms with van der Waals surface area (Å²) in [6.45, 7) is 9.38. The fraction of sp³-hybridized carbons (Fsp3) is 0.900. The molecule has 0 radical (unpaired) electrons. The van der Waals surface area contributed by atoms with Crippen molar-refractivity contribution in [3.8, 4) is 0 Å². The first-order chi connectivity index (χ1) is 6.69. The first-order valence-corrected chi connectivity index (χ1v) is 5.20. The Bertz CT molecular complexity index is 209. The number of hydrogen-bond acceptors (Lipinski definition) is 4. The summed E-state index contributed by atoms with van der Waals surface area (Å²) in [5.74, 6) is -0.0829. The van der Waals surface area contributed by atoms with Crippen molar-refractivity contribution < 1.29 is 9.90 Å². The van der Waals surface area contributed by atoms with Crippen LogP contribution in [0.5, 0.6) is 0 Å². The van der Waals surface area contributed by atoms with Crippen LogP contribution in [0.25, 0.3) is 0 Å². The average Bonchev–Trinajstić information content (AvgIpc) is 2.10. The Labute approximate surface area is 91.6 Å². The summed E-state index contributed by atoms with van der Waals surface area (Å²) in [6, 6.07) is 0. The summed E-state index contributed by atoms with van der Waals surface area (Å²) in [5.41, 5.74) is 3.95. The van der Waals surface area contributed by atoms with Crippen LogP contribution in [0.2, 0.25) is 0 Å². The van der Waals surface area contributed by atoms with Crippen molar-refractivity contribution in [3.63, 3.8) is 0 Å². The topological polar surface area (TPSA) is 73.4 Å². The zero-order chi connectivity index (χ0) is 12.1. The molecule has 0 aromatic rings. The van der Waals surface area contributed by atoms with E-state index in [1.165, 1.54) is 0 Å². The summed E-state index contributed by atoms with van der Waals surface area (Å²) in [7, 11) is 0. The number of carbonyl (C=O) groups excluding carboxylic acids is 1. The maximum absolute atomic E-state index is 11.4. The highest BCUT2D eigenvalue weighted by atomic mass is 16.3. The molecule has 0 bridgehead atoms. The van der Waals surface area contributed by atoms with Gasteiger partial charge >= 0.3 is 0 Å². The van der Waals surface area contributed by atoms with E-state index in [0.717, 1.165) is 0 Å². The molecule has 4 N–H and O–H groups in total. The molecule has 5 nitrogen and oxygen atoms in total. The van der Waals surface area contributed by atoms with Crippen molar-refractivity contribution in [2.45, 2.75) is 46.8 Å². The van der Waals surface area contributed by atoms with Crippen LogP contribution in [-0.2, 0) is 4.79 Å². The molecule has 15 heavy (non-hydrogen) atoms. The lowest BCUT2D eigenvalue weighted by Gasteiger charge is -2.24. The highest BCUT2D eigenvalue weighted by Gasteiger charge is 2.21. The van der Waals surface area contributed by atoms with Gasteiger partial charge in [-0.1, -0.05) is 27.7 Å². The van der Waals surface area contributed by atoms with Crippen LogP contribution >= 0.6 is 0 Å². The first-order valence-electron chi connectivity index (χ1n) is 5.20. The van der Waals surface area contributed by atoms with Gasteiger partial charge in [-0.15, -0.1) is 0 Å². The van der Waals surface area contributed by atoms with Gasteiger partial charge in [0, 0.05) is 5.41 Å². The van der Waals surface area contributed by atoms with Gasteiger partial charge in [0.15, 0.2) is 0 Å². The van der Waals surface area contributed by atoms with E-state index in [1.54, 1.807) is 6.92 Å². The van der Waals surface area contributed by atoms with E-state index in [9.17, 15) is 9.90 Å². The molecule has 1 amide bonds. The Kier molecular flexibility index (Phi) is 5.20. The van der Waals surface area contributed by atoms with Crippen LogP contribution < -0.4 is 16.2 Å². The smallest absolute Gasteiger partial charge is 0.239 e. The molecule has 0 saturated heterocycles. The number of hydrogen-bond donors (Lipinski definition) is 4. The molecule has 5 heteroatoms. The quantitative estimate of drug-likeness (QED) is 0.304. The molecule has 0 aliphatic heterocycles. The average molecular weight is 217 g/mol. The number of hydrazine groups is 1. The standard InChI is InChI=1S/C10H23N3O2/c1-6-10(5,15)11-7-12-13-8(14)9(2,3)4/h11-12,15H,6-7H2,1-5H3,(H,13,14). The number of carbonyl (C=O) groups is 1. The molecule has 0 rings (SSSR count). The van der Waals surface area contributed by atoms with Crippen molar-refractivity contribution in [2.75, 3.05) is 6.67 Å². The molecule has 0 aromatic carbocycles. The van der Waals surface area contributed by atoms with Crippen molar-refractivity contribution in [1.82, 2.24) is 16.2 Å². The molecule has 0 saturated carbocycles. The monoisotopic (exact) mass is 217 g/mol. The normalized spacial score (nSPS) is 15.9. The third-order valence-corrected chi connectivity index (χ3v) is 2.13. The molecule has 0 aliphatic carbocycles. The van der Waals surface area contributed by atoms with Gasteiger partial charge in [0.2, 0.25) is 5.91 Å². The van der Waals surface area contributed by atoms with E-state index in [1.807, 2.05) is 27.7 Å². The second-order valence-corrected chi connectivity index (χ2v) is 4.86. The minimum absolute atomic E-state index is 0.0829.